The third-order valence-corrected chi connectivity index (χ3v) is 3.99. The van der Waals surface area contributed by atoms with Crippen molar-refractivity contribution in [3.63, 3.8) is 0 Å². The molecule has 6 heteroatoms. The minimum Gasteiger partial charge on any atom is -0.389 e. The Labute approximate surface area is 147 Å². The van der Waals surface area contributed by atoms with Crippen molar-refractivity contribution in [3.05, 3.63) is 0 Å². The molecule has 3 unspecified atom stereocenters. The Bertz CT molecular complexity index is 386. The second-order valence-electron chi connectivity index (χ2n) is 7.62. The molecule has 0 saturated carbocycles. The van der Waals surface area contributed by atoms with Gasteiger partial charge in [0.1, 0.15) is 0 Å². The predicted molar refractivity (Wildman–Crippen MR) is 97.6 cm³/mol. The van der Waals surface area contributed by atoms with Crippen LogP contribution >= 0.6 is 0 Å². The van der Waals surface area contributed by atoms with Gasteiger partial charge in [0.2, 0.25) is 11.8 Å². The van der Waals surface area contributed by atoms with Crippen LogP contribution in [0.4, 0.5) is 0 Å². The van der Waals surface area contributed by atoms with Gasteiger partial charge in [-0.25, -0.2) is 0 Å². The lowest BCUT2D eigenvalue weighted by Gasteiger charge is -2.25. The fraction of sp³-hybridized carbons (Fsp3) is 0.889. The first-order chi connectivity index (χ1) is 11.1. The van der Waals surface area contributed by atoms with Crippen LogP contribution in [0.2, 0.25) is 0 Å². The highest BCUT2D eigenvalue weighted by molar-refractivity contribution is 5.81. The van der Waals surface area contributed by atoms with Crippen LogP contribution in [-0.2, 0) is 9.59 Å². The number of hydrogen-bond donors (Lipinski definition) is 3. The molecule has 0 bridgehead atoms. The molecular formula is C18H37N3O3. The average molecular weight is 344 g/mol. The molecule has 0 aromatic rings. The molecule has 0 aliphatic rings. The minimum absolute atomic E-state index is 0.0296. The molecule has 0 rings (SSSR count). The van der Waals surface area contributed by atoms with Crippen molar-refractivity contribution in [2.24, 2.45) is 17.8 Å². The summed E-state index contributed by atoms with van der Waals surface area (Å²) >= 11 is 0. The highest BCUT2D eigenvalue weighted by Crippen LogP contribution is 2.13. The van der Waals surface area contributed by atoms with E-state index in [2.05, 4.69) is 38.3 Å². The zero-order valence-electron chi connectivity index (χ0n) is 16.4. The molecular weight excluding hydrogens is 306 g/mol. The monoisotopic (exact) mass is 343 g/mol. The van der Waals surface area contributed by atoms with Gasteiger partial charge in [-0.05, 0) is 31.7 Å². The predicted octanol–water partition coefficient (Wildman–Crippen LogP) is 1.24. The third kappa shape index (κ3) is 9.23. The van der Waals surface area contributed by atoms with Crippen LogP contribution in [0.15, 0.2) is 0 Å². The normalized spacial score (nSPS) is 15.2. The van der Waals surface area contributed by atoms with Gasteiger partial charge < -0.3 is 20.6 Å². The lowest BCUT2D eigenvalue weighted by molar-refractivity contribution is -0.135. The van der Waals surface area contributed by atoms with Crippen molar-refractivity contribution in [1.82, 2.24) is 15.5 Å². The van der Waals surface area contributed by atoms with Crippen LogP contribution in [0.25, 0.3) is 0 Å². The largest absolute Gasteiger partial charge is 0.389 e. The third-order valence-electron chi connectivity index (χ3n) is 3.99. The smallest absolute Gasteiger partial charge is 0.237 e. The van der Waals surface area contributed by atoms with Crippen molar-refractivity contribution in [2.75, 3.05) is 27.2 Å². The number of amides is 2. The van der Waals surface area contributed by atoms with E-state index in [1.54, 1.807) is 19.0 Å². The summed E-state index contributed by atoms with van der Waals surface area (Å²) < 4.78 is 0. The number of hydrogen-bond acceptors (Lipinski definition) is 4. The lowest BCUT2D eigenvalue weighted by atomic mass is 9.98. The van der Waals surface area contributed by atoms with Crippen LogP contribution in [0.3, 0.4) is 0 Å². The topological polar surface area (TPSA) is 81.7 Å². The van der Waals surface area contributed by atoms with Gasteiger partial charge in [0, 0.05) is 26.1 Å². The van der Waals surface area contributed by atoms with E-state index < -0.39 is 6.10 Å². The number of aliphatic hydroxyl groups is 1. The number of likely N-dealkylation sites (N-methyl/N-ethyl adjacent to an activating group) is 2. The van der Waals surface area contributed by atoms with Crippen molar-refractivity contribution in [1.29, 1.82) is 0 Å². The Balaban J connectivity index is 4.30. The van der Waals surface area contributed by atoms with Crippen LogP contribution in [-0.4, -0.2) is 61.2 Å². The molecule has 142 valence electrons. The molecule has 24 heavy (non-hydrogen) atoms. The van der Waals surface area contributed by atoms with Crippen molar-refractivity contribution in [3.8, 4) is 0 Å². The average Bonchev–Trinajstić information content (AvgIpc) is 2.48. The van der Waals surface area contributed by atoms with E-state index in [1.165, 1.54) is 0 Å². The zero-order valence-corrected chi connectivity index (χ0v) is 16.4. The molecule has 3 atom stereocenters. The summed E-state index contributed by atoms with van der Waals surface area (Å²) in [5, 5.41) is 15.8. The Morgan fingerprint density at radius 1 is 1.04 bits per heavy atom. The Morgan fingerprint density at radius 2 is 1.58 bits per heavy atom. The fourth-order valence-electron chi connectivity index (χ4n) is 2.82. The number of carbonyl (C=O) groups excluding carboxylic acids is 2. The summed E-state index contributed by atoms with van der Waals surface area (Å²) in [5.41, 5.74) is 0. The highest BCUT2D eigenvalue weighted by atomic mass is 16.3. The summed E-state index contributed by atoms with van der Waals surface area (Å²) in [6.45, 7) is 10.6. The van der Waals surface area contributed by atoms with Crippen LogP contribution in [0.5, 0.6) is 0 Å². The molecule has 0 aliphatic carbocycles. The van der Waals surface area contributed by atoms with Crippen molar-refractivity contribution < 1.29 is 14.7 Å². The number of carbonyl (C=O) groups is 2. The first-order valence-electron chi connectivity index (χ1n) is 8.96. The number of nitrogens with one attached hydrogen (secondary N) is 2. The second kappa shape index (κ2) is 11.4. The number of nitrogens with zero attached hydrogens (tertiary/aromatic N) is 1. The standard InChI is InChI=1S/C18H37N3O3/c1-12(2)8-14(5)18(24)21(7)11-15(22)10-20-17(23)16(19-6)9-13(3)4/h12-16,19,22H,8-11H2,1-7H3,(H,20,23). The van der Waals surface area contributed by atoms with Gasteiger partial charge in [0.05, 0.1) is 12.1 Å². The maximum absolute atomic E-state index is 12.2. The Kier molecular flexibility index (Phi) is 10.9. The summed E-state index contributed by atoms with van der Waals surface area (Å²) in [6, 6.07) is -0.261. The maximum Gasteiger partial charge on any atom is 0.237 e. The van der Waals surface area contributed by atoms with Crippen LogP contribution in [0.1, 0.15) is 47.5 Å². The van der Waals surface area contributed by atoms with E-state index in [9.17, 15) is 14.7 Å². The summed E-state index contributed by atoms with van der Waals surface area (Å²) in [6.07, 6.45) is 0.796. The number of aliphatic hydroxyl groups excluding tert-OH is 1. The zero-order chi connectivity index (χ0) is 18.9. The van der Waals surface area contributed by atoms with Crippen LogP contribution < -0.4 is 10.6 Å². The van der Waals surface area contributed by atoms with Gasteiger partial charge in [0.25, 0.3) is 0 Å². The maximum atomic E-state index is 12.2. The van der Waals surface area contributed by atoms with Gasteiger partial charge in [0.15, 0.2) is 0 Å². The summed E-state index contributed by atoms with van der Waals surface area (Å²) in [5.74, 6) is 0.719. The summed E-state index contributed by atoms with van der Waals surface area (Å²) in [7, 11) is 3.45. The van der Waals surface area contributed by atoms with E-state index in [1.807, 2.05) is 6.92 Å². The molecule has 3 N–H and O–H groups in total. The second-order valence-corrected chi connectivity index (χ2v) is 7.62. The fourth-order valence-corrected chi connectivity index (χ4v) is 2.82. The Morgan fingerprint density at radius 3 is 2.04 bits per heavy atom. The minimum atomic E-state index is -0.772. The number of rotatable bonds is 11. The SMILES string of the molecule is CNC(CC(C)C)C(=O)NCC(O)CN(C)C(=O)C(C)CC(C)C. The van der Waals surface area contributed by atoms with Gasteiger partial charge in [-0.15, -0.1) is 0 Å². The van der Waals surface area contributed by atoms with Crippen molar-refractivity contribution >= 4 is 11.8 Å². The van der Waals surface area contributed by atoms with Gasteiger partial charge in [-0.2, -0.15) is 0 Å². The van der Waals surface area contributed by atoms with Gasteiger partial charge >= 0.3 is 0 Å². The first-order valence-corrected chi connectivity index (χ1v) is 8.96. The molecule has 0 fully saturated rings. The molecule has 0 aromatic carbocycles. The van der Waals surface area contributed by atoms with E-state index in [4.69, 9.17) is 0 Å². The van der Waals surface area contributed by atoms with E-state index >= 15 is 0 Å². The molecule has 0 aromatic heterocycles. The molecule has 0 radical (unpaired) electrons. The van der Waals surface area contributed by atoms with E-state index in [0.29, 0.717) is 11.8 Å². The molecule has 0 saturated heterocycles. The first kappa shape index (κ1) is 22.9. The van der Waals surface area contributed by atoms with Gasteiger partial charge in [-0.1, -0.05) is 34.6 Å². The van der Waals surface area contributed by atoms with Gasteiger partial charge in [-0.3, -0.25) is 9.59 Å². The quantitative estimate of drug-likeness (QED) is 0.527. The Hall–Kier alpha value is -1.14. The summed E-state index contributed by atoms with van der Waals surface area (Å²) in [4.78, 5) is 25.9. The van der Waals surface area contributed by atoms with Crippen LogP contribution in [0, 0.1) is 17.8 Å². The molecule has 0 heterocycles. The van der Waals surface area contributed by atoms with E-state index in [0.717, 1.165) is 12.8 Å². The molecule has 0 spiro atoms. The lowest BCUT2D eigenvalue weighted by Crippen LogP contribution is -2.48. The molecule has 6 nitrogen and oxygen atoms in total. The highest BCUT2D eigenvalue weighted by Gasteiger charge is 2.22. The molecule has 0 aliphatic heterocycles. The van der Waals surface area contributed by atoms with E-state index in [-0.39, 0.29) is 36.9 Å². The molecule has 2 amide bonds. The van der Waals surface area contributed by atoms with Crippen molar-refractivity contribution in [2.45, 2.75) is 59.6 Å².